The lowest BCUT2D eigenvalue weighted by molar-refractivity contribution is -0.0181. The summed E-state index contributed by atoms with van der Waals surface area (Å²) in [7, 11) is 0. The number of hydrogen-bond acceptors (Lipinski definition) is 6. The first-order valence-corrected chi connectivity index (χ1v) is 12.5. The first-order valence-electron chi connectivity index (χ1n) is 12.5. The Bertz CT molecular complexity index is 1350. The van der Waals surface area contributed by atoms with E-state index < -0.39 is 0 Å². The van der Waals surface area contributed by atoms with E-state index in [9.17, 15) is 10.2 Å². The van der Waals surface area contributed by atoms with Crippen molar-refractivity contribution in [1.29, 1.82) is 0 Å². The summed E-state index contributed by atoms with van der Waals surface area (Å²) < 4.78 is 12.1. The summed E-state index contributed by atoms with van der Waals surface area (Å²) >= 11 is 0. The Balaban J connectivity index is 1.33. The second kappa shape index (κ2) is 8.60. The second-order valence-corrected chi connectivity index (χ2v) is 10.8. The number of anilines is 2. The zero-order chi connectivity index (χ0) is 24.9. The van der Waals surface area contributed by atoms with Gasteiger partial charge in [0.05, 0.1) is 16.9 Å². The Labute approximate surface area is 210 Å². The Morgan fingerprint density at radius 2 is 1.19 bits per heavy atom. The van der Waals surface area contributed by atoms with E-state index in [1.807, 2.05) is 12.1 Å². The van der Waals surface area contributed by atoms with E-state index in [1.165, 1.54) is 50.7 Å². The summed E-state index contributed by atoms with van der Waals surface area (Å²) in [6.07, 6.45) is 7.75. The number of phenols is 2. The van der Waals surface area contributed by atoms with Crippen molar-refractivity contribution in [3.05, 3.63) is 60.2 Å². The standard InChI is InChI=1S/C30H30N2O4/c31-25-5-3-22(12-27(25)33)35-24-2-1-21(29(14-24)36-23-4-6-26(32)28(34)13-23)7-8-30-15-18-9-19(16-30)11-20(10-18)17-30/h1-6,12-14,18-20,33-34H,9-11,15-17,31-32H2. The van der Waals surface area contributed by atoms with Gasteiger partial charge in [-0.15, -0.1) is 0 Å². The Kier molecular flexibility index (Phi) is 5.37. The summed E-state index contributed by atoms with van der Waals surface area (Å²) in [5, 5.41) is 20.0. The number of rotatable bonds is 4. The van der Waals surface area contributed by atoms with Gasteiger partial charge in [-0.1, -0.05) is 11.8 Å². The van der Waals surface area contributed by atoms with Gasteiger partial charge in [0.25, 0.3) is 0 Å². The molecule has 4 bridgehead atoms. The summed E-state index contributed by atoms with van der Waals surface area (Å²) in [4.78, 5) is 0. The zero-order valence-corrected chi connectivity index (χ0v) is 20.0. The zero-order valence-electron chi connectivity index (χ0n) is 20.0. The van der Waals surface area contributed by atoms with E-state index >= 15 is 0 Å². The molecule has 0 aliphatic heterocycles. The summed E-state index contributed by atoms with van der Waals surface area (Å²) in [6.45, 7) is 0. The van der Waals surface area contributed by atoms with Crippen LogP contribution in [0.15, 0.2) is 54.6 Å². The largest absolute Gasteiger partial charge is 0.506 e. The van der Waals surface area contributed by atoms with Crippen LogP contribution >= 0.6 is 0 Å². The molecule has 0 amide bonds. The fourth-order valence-corrected chi connectivity index (χ4v) is 6.65. The Morgan fingerprint density at radius 1 is 0.694 bits per heavy atom. The van der Waals surface area contributed by atoms with Gasteiger partial charge in [-0.25, -0.2) is 0 Å². The maximum Gasteiger partial charge on any atom is 0.146 e. The number of nitrogens with two attached hydrogens (primary N) is 2. The lowest BCUT2D eigenvalue weighted by Gasteiger charge is -2.54. The van der Waals surface area contributed by atoms with Gasteiger partial charge in [0.1, 0.15) is 34.5 Å². The molecule has 4 saturated carbocycles. The smallest absolute Gasteiger partial charge is 0.146 e. The van der Waals surface area contributed by atoms with Gasteiger partial charge >= 0.3 is 0 Å². The number of ether oxygens (including phenoxy) is 2. The molecule has 6 heteroatoms. The number of phenolic OH excluding ortho intramolecular Hbond substituents is 2. The van der Waals surface area contributed by atoms with E-state index in [0.717, 1.165) is 23.3 Å². The highest BCUT2D eigenvalue weighted by molar-refractivity contribution is 5.58. The monoisotopic (exact) mass is 482 g/mol. The third-order valence-corrected chi connectivity index (χ3v) is 7.92. The van der Waals surface area contributed by atoms with Gasteiger partial charge in [-0.2, -0.15) is 0 Å². The summed E-state index contributed by atoms with van der Waals surface area (Å²) in [5.74, 6) is 11.5. The van der Waals surface area contributed by atoms with Crippen molar-refractivity contribution in [3.8, 4) is 46.3 Å². The second-order valence-electron chi connectivity index (χ2n) is 10.8. The van der Waals surface area contributed by atoms with Crippen molar-refractivity contribution in [2.45, 2.75) is 38.5 Å². The Hall–Kier alpha value is -3.98. The predicted molar refractivity (Wildman–Crippen MR) is 139 cm³/mol. The van der Waals surface area contributed by atoms with Crippen LogP contribution in [0, 0.1) is 35.0 Å². The van der Waals surface area contributed by atoms with Crippen molar-refractivity contribution in [1.82, 2.24) is 0 Å². The molecule has 6 nitrogen and oxygen atoms in total. The van der Waals surface area contributed by atoms with Crippen molar-refractivity contribution in [2.24, 2.45) is 23.2 Å². The molecule has 7 rings (SSSR count). The first kappa shape index (κ1) is 22.5. The summed E-state index contributed by atoms with van der Waals surface area (Å²) in [6, 6.07) is 15.0. The molecule has 3 aromatic carbocycles. The van der Waals surface area contributed by atoms with Crippen LogP contribution in [-0.2, 0) is 0 Å². The summed E-state index contributed by atoms with van der Waals surface area (Å²) in [5.41, 5.74) is 12.9. The predicted octanol–water partition coefficient (Wildman–Crippen LogP) is 6.41. The third kappa shape index (κ3) is 4.37. The van der Waals surface area contributed by atoms with Crippen LogP contribution in [0.5, 0.6) is 34.5 Å². The van der Waals surface area contributed by atoms with Crippen LogP contribution in [-0.4, -0.2) is 10.2 Å². The Morgan fingerprint density at radius 3 is 1.75 bits per heavy atom. The minimum absolute atomic E-state index is 0.0422. The van der Waals surface area contributed by atoms with E-state index in [1.54, 1.807) is 30.3 Å². The lowest BCUT2D eigenvalue weighted by atomic mass is 9.50. The first-order chi connectivity index (χ1) is 17.3. The molecule has 4 fully saturated rings. The van der Waals surface area contributed by atoms with Crippen molar-refractivity contribution >= 4 is 11.4 Å². The molecular weight excluding hydrogens is 452 g/mol. The van der Waals surface area contributed by atoms with Crippen LogP contribution in [0.1, 0.15) is 44.1 Å². The van der Waals surface area contributed by atoms with Crippen LogP contribution in [0.25, 0.3) is 0 Å². The normalized spacial score (nSPS) is 25.7. The topological polar surface area (TPSA) is 111 Å². The van der Waals surface area contributed by atoms with Gasteiger partial charge in [0, 0.05) is 23.6 Å². The molecule has 0 unspecified atom stereocenters. The van der Waals surface area contributed by atoms with E-state index in [0.29, 0.717) is 23.0 Å². The molecule has 0 aromatic heterocycles. The van der Waals surface area contributed by atoms with Crippen LogP contribution in [0.3, 0.4) is 0 Å². The number of nitrogen functional groups attached to an aromatic ring is 2. The number of aromatic hydroxyl groups is 2. The quantitative estimate of drug-likeness (QED) is 0.194. The SMILES string of the molecule is Nc1ccc(Oc2ccc(C#CC34CC5CC(CC(C5)C3)C4)c(Oc3ccc(N)c(O)c3)c2)cc1O. The van der Waals surface area contributed by atoms with Crippen LogP contribution in [0.4, 0.5) is 11.4 Å². The minimum Gasteiger partial charge on any atom is -0.506 e. The molecule has 0 atom stereocenters. The molecule has 184 valence electrons. The average Bonchev–Trinajstić information content (AvgIpc) is 2.82. The highest BCUT2D eigenvalue weighted by Gasteiger charge is 2.50. The maximum absolute atomic E-state index is 10.1. The van der Waals surface area contributed by atoms with E-state index in [4.69, 9.17) is 20.9 Å². The van der Waals surface area contributed by atoms with Gasteiger partial charge < -0.3 is 31.2 Å². The van der Waals surface area contributed by atoms with Crippen LogP contribution < -0.4 is 20.9 Å². The maximum atomic E-state index is 10.1. The van der Waals surface area contributed by atoms with Crippen molar-refractivity contribution in [3.63, 3.8) is 0 Å². The average molecular weight is 483 g/mol. The third-order valence-electron chi connectivity index (χ3n) is 7.92. The van der Waals surface area contributed by atoms with E-state index in [2.05, 4.69) is 11.8 Å². The highest BCUT2D eigenvalue weighted by Crippen LogP contribution is 2.59. The molecule has 0 radical (unpaired) electrons. The van der Waals surface area contributed by atoms with Gasteiger partial charge in [0.15, 0.2) is 0 Å². The molecule has 0 saturated heterocycles. The van der Waals surface area contributed by atoms with Crippen molar-refractivity contribution < 1.29 is 19.7 Å². The van der Waals surface area contributed by atoms with Gasteiger partial charge in [0.2, 0.25) is 0 Å². The molecule has 6 N–H and O–H groups in total. The van der Waals surface area contributed by atoms with Gasteiger partial charge in [-0.3, -0.25) is 0 Å². The molecule has 36 heavy (non-hydrogen) atoms. The molecule has 4 aliphatic rings. The molecule has 3 aromatic rings. The molecule has 0 spiro atoms. The van der Waals surface area contributed by atoms with Gasteiger partial charge in [-0.05, 0) is 92.7 Å². The highest BCUT2D eigenvalue weighted by atomic mass is 16.5. The number of hydrogen-bond donors (Lipinski definition) is 4. The fraction of sp³-hybridized carbons (Fsp3) is 0.333. The molecule has 0 heterocycles. The fourth-order valence-electron chi connectivity index (χ4n) is 6.65. The van der Waals surface area contributed by atoms with E-state index in [-0.39, 0.29) is 28.3 Å². The van der Waals surface area contributed by atoms with Crippen LogP contribution in [0.2, 0.25) is 0 Å². The number of benzene rings is 3. The lowest BCUT2D eigenvalue weighted by Crippen LogP contribution is -2.45. The molecule has 4 aliphatic carbocycles. The minimum atomic E-state index is -0.0431. The molecular formula is C30H30N2O4. The van der Waals surface area contributed by atoms with Crippen molar-refractivity contribution in [2.75, 3.05) is 11.5 Å².